The minimum Gasteiger partial charge on any atom is -0.459 e. The van der Waals surface area contributed by atoms with Crippen LogP contribution in [0.4, 0.5) is 5.69 Å². The summed E-state index contributed by atoms with van der Waals surface area (Å²) in [6, 6.07) is 3.20. The summed E-state index contributed by atoms with van der Waals surface area (Å²) in [4.78, 5) is 11.6. The van der Waals surface area contributed by atoms with E-state index in [4.69, 9.17) is 22.1 Å². The van der Waals surface area contributed by atoms with Gasteiger partial charge in [0.15, 0.2) is 0 Å². The molecule has 15 heavy (non-hydrogen) atoms. The van der Waals surface area contributed by atoms with Gasteiger partial charge in [-0.15, -0.1) is 0 Å². The summed E-state index contributed by atoms with van der Waals surface area (Å²) in [6.45, 7) is 5.39. The second-order valence-corrected chi connectivity index (χ2v) is 4.05. The van der Waals surface area contributed by atoms with E-state index in [-0.39, 0.29) is 6.10 Å². The average Bonchev–Trinajstić information content (AvgIpc) is 2.09. The Morgan fingerprint density at radius 1 is 1.47 bits per heavy atom. The number of carbonyl (C=O) groups excluding carboxylic acids is 1. The molecule has 0 saturated carbocycles. The highest BCUT2D eigenvalue weighted by atomic mass is 35.5. The third kappa shape index (κ3) is 2.86. The normalized spacial score (nSPS) is 10.5. The lowest BCUT2D eigenvalue weighted by Gasteiger charge is -2.10. The minimum absolute atomic E-state index is 0.169. The number of hydrogen-bond acceptors (Lipinski definition) is 3. The van der Waals surface area contributed by atoms with E-state index in [0.29, 0.717) is 16.3 Å². The second kappa shape index (κ2) is 4.53. The van der Waals surface area contributed by atoms with Gasteiger partial charge in [0.25, 0.3) is 0 Å². The van der Waals surface area contributed by atoms with Crippen molar-refractivity contribution in [3.05, 3.63) is 28.3 Å². The fraction of sp³-hybridized carbons (Fsp3) is 0.364. The lowest BCUT2D eigenvalue weighted by atomic mass is 10.1. The molecule has 0 amide bonds. The first-order chi connectivity index (χ1) is 6.91. The van der Waals surface area contributed by atoms with E-state index < -0.39 is 5.97 Å². The lowest BCUT2D eigenvalue weighted by Crippen LogP contribution is -2.13. The van der Waals surface area contributed by atoms with E-state index >= 15 is 0 Å². The zero-order valence-corrected chi connectivity index (χ0v) is 9.76. The summed E-state index contributed by atoms with van der Waals surface area (Å²) in [6.07, 6.45) is -0.169. The summed E-state index contributed by atoms with van der Waals surface area (Å²) in [5.74, 6) is -0.440. The molecule has 0 spiro atoms. The molecule has 0 radical (unpaired) electrons. The maximum Gasteiger partial charge on any atom is 0.340 e. The van der Waals surface area contributed by atoms with Gasteiger partial charge >= 0.3 is 5.97 Å². The van der Waals surface area contributed by atoms with E-state index in [9.17, 15) is 4.79 Å². The highest BCUT2D eigenvalue weighted by Crippen LogP contribution is 2.23. The number of carbonyl (C=O) groups is 1. The van der Waals surface area contributed by atoms with Gasteiger partial charge in [-0.3, -0.25) is 0 Å². The second-order valence-electron chi connectivity index (χ2n) is 3.64. The molecule has 0 fully saturated rings. The van der Waals surface area contributed by atoms with Crippen LogP contribution in [-0.2, 0) is 4.74 Å². The van der Waals surface area contributed by atoms with Gasteiger partial charge in [0.1, 0.15) is 0 Å². The van der Waals surface area contributed by atoms with E-state index in [2.05, 4.69) is 0 Å². The molecule has 4 heteroatoms. The Morgan fingerprint density at radius 3 is 2.60 bits per heavy atom. The van der Waals surface area contributed by atoms with Gasteiger partial charge in [0.2, 0.25) is 0 Å². The first kappa shape index (κ1) is 11.9. The Labute approximate surface area is 94.2 Å². The Morgan fingerprint density at radius 2 is 2.07 bits per heavy atom. The van der Waals surface area contributed by atoms with Crippen molar-refractivity contribution < 1.29 is 9.53 Å². The molecular formula is C11H14ClNO2. The van der Waals surface area contributed by atoms with Crippen LogP contribution in [0, 0.1) is 6.92 Å². The summed E-state index contributed by atoms with van der Waals surface area (Å²) in [5, 5.41) is 0.514. The van der Waals surface area contributed by atoms with E-state index in [1.54, 1.807) is 19.9 Å². The predicted octanol–water partition coefficient (Wildman–Crippen LogP) is 2.80. The molecule has 82 valence electrons. The van der Waals surface area contributed by atoms with Crippen molar-refractivity contribution in [1.29, 1.82) is 0 Å². The molecule has 0 atom stereocenters. The average molecular weight is 228 g/mol. The molecule has 1 aromatic carbocycles. The highest BCUT2D eigenvalue weighted by molar-refractivity contribution is 6.31. The maximum atomic E-state index is 11.6. The van der Waals surface area contributed by atoms with Crippen LogP contribution in [0.1, 0.15) is 29.8 Å². The van der Waals surface area contributed by atoms with Crippen LogP contribution in [0.3, 0.4) is 0 Å². The van der Waals surface area contributed by atoms with Gasteiger partial charge in [0, 0.05) is 10.7 Å². The number of halogens is 1. The molecule has 0 aliphatic carbocycles. The largest absolute Gasteiger partial charge is 0.459 e. The molecule has 0 aliphatic heterocycles. The number of esters is 1. The molecule has 0 saturated heterocycles. The Hall–Kier alpha value is -1.22. The molecule has 1 rings (SSSR count). The predicted molar refractivity (Wildman–Crippen MR) is 61.2 cm³/mol. The van der Waals surface area contributed by atoms with Crippen molar-refractivity contribution in [2.24, 2.45) is 0 Å². The molecule has 0 heterocycles. The number of anilines is 1. The number of ether oxygens (including phenoxy) is 1. The zero-order chi connectivity index (χ0) is 11.6. The standard InChI is InChI=1S/C11H14ClNO2/c1-6(2)15-11(14)8-5-9(12)7(3)4-10(8)13/h4-6H,13H2,1-3H3. The summed E-state index contributed by atoms with van der Waals surface area (Å²) in [5.41, 5.74) is 7.26. The molecule has 0 aromatic heterocycles. The molecular weight excluding hydrogens is 214 g/mol. The number of aryl methyl sites for hydroxylation is 1. The van der Waals surface area contributed by atoms with Crippen molar-refractivity contribution in [1.82, 2.24) is 0 Å². The van der Waals surface area contributed by atoms with Crippen LogP contribution in [0.15, 0.2) is 12.1 Å². The van der Waals surface area contributed by atoms with Gasteiger partial charge in [-0.05, 0) is 38.5 Å². The fourth-order valence-electron chi connectivity index (χ4n) is 1.16. The topological polar surface area (TPSA) is 52.3 Å². The quantitative estimate of drug-likeness (QED) is 0.624. The molecule has 0 unspecified atom stereocenters. The highest BCUT2D eigenvalue weighted by Gasteiger charge is 2.14. The van der Waals surface area contributed by atoms with Crippen molar-refractivity contribution in [2.45, 2.75) is 26.9 Å². The molecule has 3 nitrogen and oxygen atoms in total. The van der Waals surface area contributed by atoms with Crippen molar-refractivity contribution in [3.8, 4) is 0 Å². The van der Waals surface area contributed by atoms with E-state index in [1.165, 1.54) is 6.07 Å². The fourth-order valence-corrected chi connectivity index (χ4v) is 1.32. The Balaban J connectivity index is 3.04. The van der Waals surface area contributed by atoms with Crippen LogP contribution >= 0.6 is 11.6 Å². The van der Waals surface area contributed by atoms with Gasteiger partial charge in [-0.2, -0.15) is 0 Å². The van der Waals surface area contributed by atoms with Crippen LogP contribution in [0.2, 0.25) is 5.02 Å². The number of benzene rings is 1. The van der Waals surface area contributed by atoms with Gasteiger partial charge in [-0.1, -0.05) is 11.6 Å². The van der Waals surface area contributed by atoms with Crippen molar-refractivity contribution >= 4 is 23.3 Å². The first-order valence-electron chi connectivity index (χ1n) is 4.68. The van der Waals surface area contributed by atoms with Gasteiger partial charge in [0.05, 0.1) is 11.7 Å². The summed E-state index contributed by atoms with van der Waals surface area (Å²) >= 11 is 5.90. The van der Waals surface area contributed by atoms with Crippen LogP contribution in [-0.4, -0.2) is 12.1 Å². The molecule has 0 bridgehead atoms. The number of nitrogen functional groups attached to an aromatic ring is 1. The SMILES string of the molecule is Cc1cc(N)c(C(=O)OC(C)C)cc1Cl. The first-order valence-corrected chi connectivity index (χ1v) is 5.06. The lowest BCUT2D eigenvalue weighted by molar-refractivity contribution is 0.0379. The number of hydrogen-bond donors (Lipinski definition) is 1. The maximum absolute atomic E-state index is 11.6. The number of rotatable bonds is 2. The van der Waals surface area contributed by atoms with Gasteiger partial charge in [-0.25, -0.2) is 4.79 Å². The minimum atomic E-state index is -0.440. The Bertz CT molecular complexity index is 388. The monoisotopic (exact) mass is 227 g/mol. The van der Waals surface area contributed by atoms with Crippen molar-refractivity contribution in [3.63, 3.8) is 0 Å². The van der Waals surface area contributed by atoms with Crippen molar-refractivity contribution in [2.75, 3.05) is 5.73 Å². The molecule has 2 N–H and O–H groups in total. The zero-order valence-electron chi connectivity index (χ0n) is 9.00. The molecule has 1 aromatic rings. The van der Waals surface area contributed by atoms with Crippen LogP contribution in [0.5, 0.6) is 0 Å². The van der Waals surface area contributed by atoms with Crippen LogP contribution < -0.4 is 5.73 Å². The Kier molecular flexibility index (Phi) is 3.58. The van der Waals surface area contributed by atoms with E-state index in [0.717, 1.165) is 5.56 Å². The van der Waals surface area contributed by atoms with Gasteiger partial charge < -0.3 is 10.5 Å². The third-order valence-electron chi connectivity index (χ3n) is 1.89. The summed E-state index contributed by atoms with van der Waals surface area (Å²) < 4.78 is 5.03. The smallest absolute Gasteiger partial charge is 0.340 e. The van der Waals surface area contributed by atoms with E-state index in [1.807, 2.05) is 6.92 Å². The molecule has 0 aliphatic rings. The third-order valence-corrected chi connectivity index (χ3v) is 2.30. The number of nitrogens with two attached hydrogens (primary N) is 1. The summed E-state index contributed by atoms with van der Waals surface area (Å²) in [7, 11) is 0. The van der Waals surface area contributed by atoms with Crippen LogP contribution in [0.25, 0.3) is 0 Å².